The zero-order valence-electron chi connectivity index (χ0n) is 15.4. The topological polar surface area (TPSA) is 60.8 Å². The molecule has 0 saturated carbocycles. The number of nitrogens with zero attached hydrogens (tertiary/aromatic N) is 1. The van der Waals surface area contributed by atoms with E-state index < -0.39 is 8.38 Å². The van der Waals surface area contributed by atoms with Gasteiger partial charge in [0, 0.05) is 30.1 Å². The van der Waals surface area contributed by atoms with Crippen molar-refractivity contribution in [2.75, 3.05) is 22.6 Å². The summed E-state index contributed by atoms with van der Waals surface area (Å²) < 4.78 is 0. The Hall–Kier alpha value is -0.610. The van der Waals surface area contributed by atoms with Crippen LogP contribution >= 0.6 is 20.1 Å². The number of carbonyl (C=O) groups excluding carboxylic acids is 1. The summed E-state index contributed by atoms with van der Waals surface area (Å²) in [5.41, 5.74) is 2.40. The van der Waals surface area contributed by atoms with Crippen LogP contribution in [0.15, 0.2) is 24.3 Å². The predicted molar refractivity (Wildman–Crippen MR) is 108 cm³/mol. The van der Waals surface area contributed by atoms with E-state index in [1.54, 1.807) is 0 Å². The minimum Gasteiger partial charge on any atom is -0.350 e. The van der Waals surface area contributed by atoms with E-state index in [2.05, 4.69) is 45.0 Å². The first-order chi connectivity index (χ1) is 11.8. The molecule has 1 aliphatic rings. The highest BCUT2D eigenvalue weighted by Crippen LogP contribution is 2.31. The summed E-state index contributed by atoms with van der Waals surface area (Å²) in [5, 5.41) is 0. The first kappa shape index (κ1) is 20.7. The van der Waals surface area contributed by atoms with Crippen molar-refractivity contribution in [1.29, 1.82) is 0 Å². The first-order valence-corrected chi connectivity index (χ1v) is 11.5. The lowest BCUT2D eigenvalue weighted by atomic mass is 9.87. The fourth-order valence-electron chi connectivity index (χ4n) is 3.05. The van der Waals surface area contributed by atoms with Gasteiger partial charge in [0.15, 0.2) is 8.38 Å². The van der Waals surface area contributed by atoms with Gasteiger partial charge in [0.25, 0.3) is 0 Å². The molecule has 0 spiro atoms. The average Bonchev–Trinajstić information content (AvgIpc) is 2.90. The molecule has 2 rings (SSSR count). The van der Waals surface area contributed by atoms with Crippen LogP contribution in [-0.4, -0.2) is 39.4 Å². The van der Waals surface area contributed by atoms with Gasteiger partial charge in [0.05, 0.1) is 0 Å². The number of benzene rings is 1. The van der Waals surface area contributed by atoms with Crippen LogP contribution in [0, 0.1) is 0 Å². The number of rotatable bonds is 8. The van der Waals surface area contributed by atoms with E-state index in [4.69, 9.17) is 9.79 Å². The van der Waals surface area contributed by atoms with Crippen LogP contribution in [0.4, 0.5) is 5.69 Å². The van der Waals surface area contributed by atoms with Gasteiger partial charge in [-0.1, -0.05) is 32.9 Å². The Balaban J connectivity index is 1.88. The average molecular weight is 383 g/mol. The SMILES string of the molecule is CC(C)(C)c1ccc(N2C(=O)CC[C@@H]2CSCCCCP(O)O)cc1. The van der Waals surface area contributed by atoms with E-state index in [0.717, 1.165) is 36.5 Å². The number of amides is 1. The maximum atomic E-state index is 12.3. The summed E-state index contributed by atoms with van der Waals surface area (Å²) in [7, 11) is -1.75. The van der Waals surface area contributed by atoms with Crippen molar-refractivity contribution in [3.63, 3.8) is 0 Å². The van der Waals surface area contributed by atoms with Gasteiger partial charge >= 0.3 is 0 Å². The number of hydrogen-bond donors (Lipinski definition) is 2. The highest BCUT2D eigenvalue weighted by Gasteiger charge is 2.32. The molecule has 0 radical (unpaired) electrons. The Morgan fingerprint density at radius 1 is 1.20 bits per heavy atom. The Bertz CT molecular complexity index is 557. The van der Waals surface area contributed by atoms with E-state index in [0.29, 0.717) is 12.6 Å². The maximum Gasteiger partial charge on any atom is 0.227 e. The molecular weight excluding hydrogens is 353 g/mol. The third-order valence-corrected chi connectivity index (χ3v) is 6.46. The Morgan fingerprint density at radius 3 is 2.48 bits per heavy atom. The Labute approximate surface area is 156 Å². The van der Waals surface area contributed by atoms with E-state index >= 15 is 0 Å². The maximum absolute atomic E-state index is 12.3. The van der Waals surface area contributed by atoms with Crippen molar-refractivity contribution in [1.82, 2.24) is 0 Å². The second kappa shape index (κ2) is 9.36. The van der Waals surface area contributed by atoms with Crippen LogP contribution in [0.5, 0.6) is 0 Å². The van der Waals surface area contributed by atoms with Gasteiger partial charge < -0.3 is 14.7 Å². The summed E-state index contributed by atoms with van der Waals surface area (Å²) in [6.07, 6.45) is 3.90. The number of unbranched alkanes of at least 4 members (excludes halogenated alkanes) is 1. The molecule has 4 nitrogen and oxygen atoms in total. The summed E-state index contributed by atoms with van der Waals surface area (Å²) in [6, 6.07) is 8.68. The van der Waals surface area contributed by atoms with Crippen molar-refractivity contribution in [3.05, 3.63) is 29.8 Å². The predicted octanol–water partition coefficient (Wildman–Crippen LogP) is 4.29. The lowest BCUT2D eigenvalue weighted by Gasteiger charge is -2.26. The number of hydrogen-bond acceptors (Lipinski definition) is 4. The quantitative estimate of drug-likeness (QED) is 0.519. The van der Waals surface area contributed by atoms with Crippen LogP contribution < -0.4 is 4.90 Å². The Morgan fingerprint density at radius 2 is 1.88 bits per heavy atom. The summed E-state index contributed by atoms with van der Waals surface area (Å²) in [6.45, 7) is 6.58. The monoisotopic (exact) mass is 383 g/mol. The van der Waals surface area contributed by atoms with Crippen molar-refractivity contribution < 1.29 is 14.6 Å². The zero-order chi connectivity index (χ0) is 18.4. The molecule has 25 heavy (non-hydrogen) atoms. The lowest BCUT2D eigenvalue weighted by Crippen LogP contribution is -2.34. The molecule has 1 amide bonds. The highest BCUT2D eigenvalue weighted by molar-refractivity contribution is 7.99. The third-order valence-electron chi connectivity index (χ3n) is 4.54. The van der Waals surface area contributed by atoms with Gasteiger partial charge in [-0.2, -0.15) is 11.8 Å². The van der Waals surface area contributed by atoms with Crippen LogP contribution in [0.2, 0.25) is 0 Å². The standard InChI is InChI=1S/C19H30NO3PS/c1-19(2,3)15-6-8-16(9-7-15)20-17(10-11-18(20)21)14-25-13-5-4-12-24(22)23/h6-9,17,22-23H,4-5,10-14H2,1-3H3/t17-/m1/s1. The molecule has 140 valence electrons. The van der Waals surface area contributed by atoms with Crippen molar-refractivity contribution in [3.8, 4) is 0 Å². The molecule has 1 aromatic rings. The largest absolute Gasteiger partial charge is 0.350 e. The fourth-order valence-corrected chi connectivity index (χ4v) is 4.72. The van der Waals surface area contributed by atoms with Crippen LogP contribution in [0.25, 0.3) is 0 Å². The van der Waals surface area contributed by atoms with E-state index in [1.807, 2.05) is 16.7 Å². The van der Waals surface area contributed by atoms with Crippen molar-refractivity contribution in [2.45, 2.75) is 57.9 Å². The highest BCUT2D eigenvalue weighted by atomic mass is 32.2. The number of carbonyl (C=O) groups is 1. The molecule has 1 heterocycles. The molecule has 0 unspecified atom stereocenters. The molecule has 6 heteroatoms. The second-order valence-electron chi connectivity index (χ2n) is 7.63. The molecule has 1 aliphatic heterocycles. The zero-order valence-corrected chi connectivity index (χ0v) is 17.2. The van der Waals surface area contributed by atoms with Crippen LogP contribution in [0.1, 0.15) is 52.0 Å². The lowest BCUT2D eigenvalue weighted by molar-refractivity contribution is -0.117. The molecule has 0 bridgehead atoms. The van der Waals surface area contributed by atoms with Crippen molar-refractivity contribution in [2.24, 2.45) is 0 Å². The summed E-state index contributed by atoms with van der Waals surface area (Å²) >= 11 is 1.86. The molecule has 1 atom stereocenters. The van der Waals surface area contributed by atoms with Gasteiger partial charge in [0.2, 0.25) is 5.91 Å². The van der Waals surface area contributed by atoms with Gasteiger partial charge in [-0.15, -0.1) is 0 Å². The molecular formula is C19H30NO3PS. The van der Waals surface area contributed by atoms with Crippen molar-refractivity contribution >= 4 is 31.7 Å². The number of thioether (sulfide) groups is 1. The van der Waals surface area contributed by atoms with Crippen LogP contribution in [0.3, 0.4) is 0 Å². The fraction of sp³-hybridized carbons (Fsp3) is 0.632. The molecule has 0 aromatic heterocycles. The molecule has 1 saturated heterocycles. The van der Waals surface area contributed by atoms with Crippen LogP contribution in [-0.2, 0) is 10.2 Å². The van der Waals surface area contributed by atoms with Gasteiger partial charge in [0.1, 0.15) is 0 Å². The molecule has 0 aliphatic carbocycles. The molecule has 2 N–H and O–H groups in total. The minimum absolute atomic E-state index is 0.117. The van der Waals surface area contributed by atoms with Gasteiger partial charge in [-0.3, -0.25) is 4.79 Å². The number of anilines is 1. The normalized spacial score (nSPS) is 18.4. The molecule has 1 aromatic carbocycles. The minimum atomic E-state index is -1.75. The third kappa shape index (κ3) is 6.25. The van der Waals surface area contributed by atoms with Gasteiger partial charge in [-0.25, -0.2) is 0 Å². The van der Waals surface area contributed by atoms with Gasteiger partial charge in [-0.05, 0) is 48.1 Å². The first-order valence-electron chi connectivity index (χ1n) is 8.94. The van der Waals surface area contributed by atoms with E-state index in [1.165, 1.54) is 5.56 Å². The second-order valence-corrected chi connectivity index (χ2v) is 9.97. The Kier molecular flexibility index (Phi) is 7.75. The summed E-state index contributed by atoms with van der Waals surface area (Å²) in [4.78, 5) is 32.1. The molecule has 1 fully saturated rings. The smallest absolute Gasteiger partial charge is 0.227 e. The summed E-state index contributed by atoms with van der Waals surface area (Å²) in [5.74, 6) is 2.17. The van der Waals surface area contributed by atoms with E-state index in [-0.39, 0.29) is 17.4 Å². The van der Waals surface area contributed by atoms with E-state index in [9.17, 15) is 4.79 Å².